The van der Waals surface area contributed by atoms with Gasteiger partial charge in [0.25, 0.3) is 0 Å². The molecule has 1 aliphatic heterocycles. The second kappa shape index (κ2) is 7.72. The Balaban J connectivity index is 1.40. The van der Waals surface area contributed by atoms with Crippen LogP contribution in [-0.4, -0.2) is 32.6 Å². The predicted octanol–water partition coefficient (Wildman–Crippen LogP) is 4.79. The van der Waals surface area contributed by atoms with Crippen molar-refractivity contribution in [3.05, 3.63) is 58.8 Å². The first-order chi connectivity index (χ1) is 16.6. The highest BCUT2D eigenvalue weighted by atomic mass is 16.5. The highest BCUT2D eigenvalue weighted by molar-refractivity contribution is 5.92. The van der Waals surface area contributed by atoms with E-state index in [0.717, 1.165) is 59.1 Å². The number of cyclic esters (lactones) is 1. The van der Waals surface area contributed by atoms with Gasteiger partial charge in [0.15, 0.2) is 0 Å². The number of carbonyl (C=O) groups excluding carboxylic acids is 1. The minimum Gasteiger partial charge on any atom is -0.471 e. The molecule has 3 atom stereocenters. The second-order valence-corrected chi connectivity index (χ2v) is 11.1. The van der Waals surface area contributed by atoms with E-state index in [9.17, 15) is 4.79 Å². The maximum atomic E-state index is 12.3. The fraction of sp³-hybridized carbons (Fsp3) is 0.500. The molecule has 3 aromatic rings. The van der Waals surface area contributed by atoms with Crippen LogP contribution in [0.15, 0.2) is 30.6 Å². The lowest BCUT2D eigenvalue weighted by Gasteiger charge is -2.27. The molecule has 35 heavy (non-hydrogen) atoms. The maximum Gasteiger partial charge on any atom is 0.340 e. The van der Waals surface area contributed by atoms with Crippen LogP contribution in [0.25, 0.3) is 10.8 Å². The Morgan fingerprint density at radius 3 is 2.63 bits per heavy atom. The van der Waals surface area contributed by atoms with Crippen LogP contribution in [0.4, 0.5) is 0 Å². The van der Waals surface area contributed by atoms with Crippen molar-refractivity contribution in [3.8, 4) is 5.88 Å². The molecule has 2 fully saturated rings. The molecule has 7 heteroatoms. The van der Waals surface area contributed by atoms with Crippen LogP contribution in [0, 0.1) is 5.92 Å². The van der Waals surface area contributed by atoms with E-state index in [-0.39, 0.29) is 23.6 Å². The number of esters is 1. The van der Waals surface area contributed by atoms with Gasteiger partial charge in [-0.25, -0.2) is 9.78 Å². The fourth-order valence-electron chi connectivity index (χ4n) is 5.05. The first kappa shape index (κ1) is 22.4. The number of ether oxygens (including phenoxy) is 2. The van der Waals surface area contributed by atoms with E-state index in [1.807, 2.05) is 38.4 Å². The van der Waals surface area contributed by atoms with Crippen LogP contribution in [0.3, 0.4) is 0 Å². The quantitative estimate of drug-likeness (QED) is 0.515. The Morgan fingerprint density at radius 2 is 1.91 bits per heavy atom. The van der Waals surface area contributed by atoms with Gasteiger partial charge >= 0.3 is 5.97 Å². The number of nitrogens with zero attached hydrogens (tertiary/aromatic N) is 3. The van der Waals surface area contributed by atoms with Crippen LogP contribution >= 0.6 is 0 Å². The zero-order valence-corrected chi connectivity index (χ0v) is 20.8. The van der Waals surface area contributed by atoms with Crippen LogP contribution in [0.5, 0.6) is 5.88 Å². The van der Waals surface area contributed by atoms with Crippen molar-refractivity contribution in [2.45, 2.75) is 83.0 Å². The van der Waals surface area contributed by atoms with Gasteiger partial charge < -0.3 is 15.2 Å². The summed E-state index contributed by atoms with van der Waals surface area (Å²) in [7, 11) is 0. The van der Waals surface area contributed by atoms with E-state index in [0.29, 0.717) is 23.8 Å². The topological polar surface area (TPSA) is 100 Å². The third-order valence-electron chi connectivity index (χ3n) is 8.09. The van der Waals surface area contributed by atoms with Gasteiger partial charge in [-0.1, -0.05) is 6.92 Å². The van der Waals surface area contributed by atoms with Crippen LogP contribution in [0.1, 0.15) is 92.3 Å². The number of carbonyl (C=O) groups is 1. The molecule has 3 aromatic heterocycles. The summed E-state index contributed by atoms with van der Waals surface area (Å²) in [5, 5.41) is 1.95. The summed E-state index contributed by atoms with van der Waals surface area (Å²) in [4.78, 5) is 26.6. The third kappa shape index (κ3) is 3.96. The smallest absolute Gasteiger partial charge is 0.340 e. The first-order valence-electron chi connectivity index (χ1n) is 12.6. The van der Waals surface area contributed by atoms with E-state index < -0.39 is 5.54 Å². The summed E-state index contributed by atoms with van der Waals surface area (Å²) in [5.74, 6) is 0.833. The Morgan fingerprint density at radius 1 is 1.14 bits per heavy atom. The molecular weight excluding hydrogens is 440 g/mol. The lowest BCUT2D eigenvalue weighted by molar-refractivity contribution is 0.0234. The molecule has 0 spiro atoms. The zero-order chi connectivity index (χ0) is 24.5. The van der Waals surface area contributed by atoms with E-state index in [1.54, 1.807) is 0 Å². The number of nitrogens with two attached hydrogens (primary N) is 1. The van der Waals surface area contributed by atoms with Gasteiger partial charge in [0.2, 0.25) is 5.88 Å². The van der Waals surface area contributed by atoms with E-state index in [2.05, 4.69) is 19.9 Å². The summed E-state index contributed by atoms with van der Waals surface area (Å²) in [6.45, 7) is 8.18. The third-order valence-corrected chi connectivity index (χ3v) is 8.09. The number of hydrogen-bond acceptors (Lipinski definition) is 7. The molecule has 2 aliphatic carbocycles. The Kier molecular flexibility index (Phi) is 4.94. The average Bonchev–Trinajstić information content (AvgIpc) is 3.74. The highest BCUT2D eigenvalue weighted by Crippen LogP contribution is 2.47. The first-order valence-corrected chi connectivity index (χ1v) is 12.6. The molecular formula is C28H32N4O3. The molecule has 0 aromatic carbocycles. The van der Waals surface area contributed by atoms with Crippen molar-refractivity contribution >= 4 is 16.7 Å². The van der Waals surface area contributed by atoms with Crippen molar-refractivity contribution in [2.75, 3.05) is 0 Å². The second-order valence-electron chi connectivity index (χ2n) is 11.1. The van der Waals surface area contributed by atoms with E-state index >= 15 is 0 Å². The van der Waals surface area contributed by atoms with Gasteiger partial charge in [-0.3, -0.25) is 9.97 Å². The summed E-state index contributed by atoms with van der Waals surface area (Å²) in [6, 6.07) is 5.83. The zero-order valence-electron chi connectivity index (χ0n) is 20.8. The molecule has 6 rings (SSSR count). The number of hydrogen-bond donors (Lipinski definition) is 1. The number of rotatable bonds is 6. The molecule has 7 nitrogen and oxygen atoms in total. The minimum atomic E-state index is -0.456. The number of aromatic nitrogens is 3. The summed E-state index contributed by atoms with van der Waals surface area (Å²) < 4.78 is 11.7. The minimum absolute atomic E-state index is 0.0462. The molecule has 4 heterocycles. The van der Waals surface area contributed by atoms with Gasteiger partial charge in [-0.05, 0) is 81.5 Å². The predicted molar refractivity (Wildman–Crippen MR) is 132 cm³/mol. The lowest BCUT2D eigenvalue weighted by Crippen LogP contribution is -2.35. The summed E-state index contributed by atoms with van der Waals surface area (Å²) >= 11 is 0. The van der Waals surface area contributed by atoms with Crippen molar-refractivity contribution < 1.29 is 14.3 Å². The molecule has 2 saturated carbocycles. The van der Waals surface area contributed by atoms with Gasteiger partial charge in [0.05, 0.1) is 16.6 Å². The van der Waals surface area contributed by atoms with Gasteiger partial charge in [-0.15, -0.1) is 0 Å². The Bertz CT molecular complexity index is 1340. The van der Waals surface area contributed by atoms with Crippen LogP contribution in [-0.2, 0) is 16.7 Å². The Hall–Kier alpha value is -3.06. The number of pyridine rings is 3. The normalized spacial score (nSPS) is 24.4. The van der Waals surface area contributed by atoms with Gasteiger partial charge in [0, 0.05) is 41.7 Å². The van der Waals surface area contributed by atoms with Gasteiger partial charge in [0.1, 0.15) is 11.7 Å². The summed E-state index contributed by atoms with van der Waals surface area (Å²) in [5.41, 5.74) is 10.4. The van der Waals surface area contributed by atoms with Crippen LogP contribution < -0.4 is 10.5 Å². The van der Waals surface area contributed by atoms with Crippen molar-refractivity contribution in [1.82, 2.24) is 15.0 Å². The standard InChI is InChI=1S/C28H32N4O3/c1-15-16(2)34-26(33)20-8-7-18(32-24(15)20)11-19-12-21-22(13-30-19)25(35-27(3)9-10-27)31-14-23(21)28(4,29)17-5-6-17/h7-8,12-17H,5-6,9-11,29H2,1-4H3/t15-,16+,28+/m1/s1. The van der Waals surface area contributed by atoms with Crippen molar-refractivity contribution in [3.63, 3.8) is 0 Å². The van der Waals surface area contributed by atoms with Gasteiger partial charge in [-0.2, -0.15) is 0 Å². The molecule has 0 bridgehead atoms. The Labute approximate surface area is 205 Å². The number of fused-ring (bicyclic) bond motifs is 2. The van der Waals surface area contributed by atoms with E-state index in [4.69, 9.17) is 30.2 Å². The highest BCUT2D eigenvalue weighted by Gasteiger charge is 2.43. The largest absolute Gasteiger partial charge is 0.471 e. The molecule has 2 N–H and O–H groups in total. The monoisotopic (exact) mass is 472 g/mol. The maximum absolute atomic E-state index is 12.3. The molecule has 0 unspecified atom stereocenters. The molecule has 182 valence electrons. The van der Waals surface area contributed by atoms with E-state index in [1.165, 1.54) is 0 Å². The molecule has 0 saturated heterocycles. The molecule has 0 amide bonds. The summed E-state index contributed by atoms with van der Waals surface area (Å²) in [6.07, 6.45) is 8.48. The van der Waals surface area contributed by atoms with Crippen molar-refractivity contribution in [1.29, 1.82) is 0 Å². The van der Waals surface area contributed by atoms with Crippen LogP contribution in [0.2, 0.25) is 0 Å². The van der Waals surface area contributed by atoms with Crippen molar-refractivity contribution in [2.24, 2.45) is 11.7 Å². The SMILES string of the molecule is C[C@@H]1OC(=O)c2ccc(Cc3cc4c([C@@](C)(N)C5CC5)cnc(OC5(C)CC5)c4cn3)nc2[C@@H]1C. The molecule has 0 radical (unpaired) electrons. The average molecular weight is 473 g/mol. The molecule has 3 aliphatic rings. The fourth-order valence-corrected chi connectivity index (χ4v) is 5.05. The lowest BCUT2D eigenvalue weighted by atomic mass is 9.86.